The fourth-order valence-corrected chi connectivity index (χ4v) is 19.5. The Morgan fingerprint density at radius 2 is 0.619 bits per heavy atom. The third-order valence-electron chi connectivity index (χ3n) is 7.80. The molecule has 6 rings (SSSR count). The number of hydrogen-bond donors (Lipinski definition) is 0. The van der Waals surface area contributed by atoms with Crippen molar-refractivity contribution in [3.8, 4) is 0 Å². The molecule has 0 fully saturated rings. The molecule has 0 unspecified atom stereocenters. The van der Waals surface area contributed by atoms with Gasteiger partial charge in [0.1, 0.15) is 0 Å². The zero-order chi connectivity index (χ0) is 28.2. The van der Waals surface area contributed by atoms with Crippen molar-refractivity contribution in [2.24, 2.45) is 0 Å². The first kappa shape index (κ1) is 30.3. The quantitative estimate of drug-likeness (QED) is 0.144. The summed E-state index contributed by atoms with van der Waals surface area (Å²) < 4.78 is 0. The molecule has 0 amide bonds. The second kappa shape index (κ2) is 12.6. The standard InChI is InChI=1S/C37H30ClOP2.Ir/c38-41(34-25-13-4-14-26-34,35-27-15-5-16-28-35,36-29-17-6-18-30-36)37(39)40(31-19-7-1-8-20-31,32-21-9-2-10-22-32)33-23-11-3-12-24-33;/h1-30H;/q+1;. The Kier molecular flexibility index (Phi) is 9.05. The average Bonchev–Trinajstić information content (AvgIpc) is 3.07. The van der Waals surface area contributed by atoms with Gasteiger partial charge in [-0.25, -0.2) is 0 Å². The van der Waals surface area contributed by atoms with E-state index < -0.39 is 13.2 Å². The number of carbonyl (C=O) groups excluding carboxylic acids is 1. The monoisotopic (exact) mass is 780 g/mol. The maximum Gasteiger partial charge on any atom is 0 e. The van der Waals surface area contributed by atoms with Crippen LogP contribution in [0.4, 0.5) is 4.79 Å². The van der Waals surface area contributed by atoms with Gasteiger partial charge in [0, 0.05) is 20.1 Å². The van der Waals surface area contributed by atoms with Crippen LogP contribution in [-0.4, -0.2) is 5.27 Å². The topological polar surface area (TPSA) is 17.1 Å². The van der Waals surface area contributed by atoms with Crippen LogP contribution in [0.25, 0.3) is 0 Å². The number of halogens is 1. The van der Waals surface area contributed by atoms with Crippen LogP contribution in [0.5, 0.6) is 0 Å². The molecule has 5 heteroatoms. The number of hydrogen-bond acceptors (Lipinski definition) is 1. The van der Waals surface area contributed by atoms with E-state index in [1.54, 1.807) is 0 Å². The molecule has 0 spiro atoms. The summed E-state index contributed by atoms with van der Waals surface area (Å²) in [6.45, 7) is 0. The molecule has 0 saturated heterocycles. The molecule has 1 radical (unpaired) electrons. The molecule has 1 nitrogen and oxygen atoms in total. The van der Waals surface area contributed by atoms with Gasteiger partial charge >= 0.3 is 248 Å². The van der Waals surface area contributed by atoms with E-state index in [9.17, 15) is 0 Å². The fraction of sp³-hybridized carbons (Fsp3) is 0. The predicted molar refractivity (Wildman–Crippen MR) is 182 cm³/mol. The van der Waals surface area contributed by atoms with Crippen molar-refractivity contribution in [1.82, 2.24) is 0 Å². The van der Waals surface area contributed by atoms with Gasteiger partial charge in [0.2, 0.25) is 0 Å². The number of benzene rings is 6. The van der Waals surface area contributed by atoms with Crippen LogP contribution >= 0.6 is 24.5 Å². The van der Waals surface area contributed by atoms with Gasteiger partial charge in [0.25, 0.3) is 0 Å². The predicted octanol–water partition coefficient (Wildman–Crippen LogP) is 7.78. The van der Waals surface area contributed by atoms with E-state index in [1.807, 2.05) is 146 Å². The van der Waals surface area contributed by atoms with Crippen LogP contribution in [-0.2, 0) is 20.1 Å². The third-order valence-corrected chi connectivity index (χ3v) is 20.8. The molecule has 0 bridgehead atoms. The first-order chi connectivity index (χ1) is 20.1. The molecule has 0 heterocycles. The summed E-state index contributed by atoms with van der Waals surface area (Å²) in [5.41, 5.74) is 0. The molecule has 0 aromatic heterocycles. The Morgan fingerprint density at radius 3 is 0.857 bits per heavy atom. The van der Waals surface area contributed by atoms with Crippen molar-refractivity contribution in [2.75, 3.05) is 0 Å². The van der Waals surface area contributed by atoms with Crippen LogP contribution in [0.3, 0.4) is 0 Å². The summed E-state index contributed by atoms with van der Waals surface area (Å²) in [6, 6.07) is 60.9. The van der Waals surface area contributed by atoms with Crippen molar-refractivity contribution in [1.29, 1.82) is 0 Å². The minimum absolute atomic E-state index is 0. The van der Waals surface area contributed by atoms with Gasteiger partial charge in [-0.05, 0) is 0 Å². The van der Waals surface area contributed by atoms with E-state index in [0.717, 1.165) is 31.8 Å². The maximum atomic E-state index is 16.6. The van der Waals surface area contributed by atoms with Gasteiger partial charge in [0.15, 0.2) is 0 Å². The van der Waals surface area contributed by atoms with Gasteiger partial charge in [0.05, 0.1) is 0 Å². The van der Waals surface area contributed by atoms with Crippen LogP contribution in [0.15, 0.2) is 182 Å². The van der Waals surface area contributed by atoms with Gasteiger partial charge in [-0.15, -0.1) is 0 Å². The molecule has 0 aliphatic rings. The van der Waals surface area contributed by atoms with Gasteiger partial charge in [-0.3, -0.25) is 0 Å². The van der Waals surface area contributed by atoms with Crippen molar-refractivity contribution >= 4 is 61.6 Å². The number of rotatable bonds is 8. The zero-order valence-corrected chi connectivity index (χ0v) is 27.8. The summed E-state index contributed by atoms with van der Waals surface area (Å²) in [6.07, 6.45) is 0. The molecular weight excluding hydrogens is 750 g/mol. The molecule has 0 aliphatic carbocycles. The van der Waals surface area contributed by atoms with Gasteiger partial charge < -0.3 is 0 Å². The summed E-state index contributed by atoms with van der Waals surface area (Å²) in [4.78, 5) is 16.6. The molecule has 6 aromatic carbocycles. The zero-order valence-electron chi connectivity index (χ0n) is 22.8. The van der Waals surface area contributed by atoms with Crippen molar-refractivity contribution in [2.45, 2.75) is 0 Å². The van der Waals surface area contributed by atoms with Gasteiger partial charge in [-0.1, -0.05) is 0 Å². The van der Waals surface area contributed by atoms with E-state index in [-0.39, 0.29) is 25.4 Å². The van der Waals surface area contributed by atoms with E-state index in [0.29, 0.717) is 0 Å². The Morgan fingerprint density at radius 1 is 0.405 bits per heavy atom. The molecule has 0 aliphatic heterocycles. The molecule has 0 saturated carbocycles. The van der Waals surface area contributed by atoms with Crippen LogP contribution in [0.1, 0.15) is 0 Å². The fourth-order valence-electron chi connectivity index (χ4n) is 5.92. The van der Waals surface area contributed by atoms with Gasteiger partial charge in [-0.2, -0.15) is 0 Å². The van der Waals surface area contributed by atoms with E-state index in [1.165, 1.54) is 0 Å². The SMILES string of the molecule is O=C([P+](c1ccccc1)(c1ccccc1)c1ccccc1)P(Cl)(c1ccccc1)(c1ccccc1)c1ccccc1.[Ir]. The minimum Gasteiger partial charge on any atom is 0 e. The van der Waals surface area contributed by atoms with E-state index in [4.69, 9.17) is 11.2 Å². The number of carbonyl (C=O) groups is 1. The summed E-state index contributed by atoms with van der Waals surface area (Å²) in [5, 5.41) is 5.55. The molecule has 6 aromatic rings. The van der Waals surface area contributed by atoms with Crippen LogP contribution < -0.4 is 31.8 Å². The van der Waals surface area contributed by atoms with E-state index in [2.05, 4.69) is 36.4 Å². The van der Waals surface area contributed by atoms with Crippen LogP contribution in [0.2, 0.25) is 0 Å². The first-order valence-corrected chi connectivity index (χ1v) is 18.6. The third kappa shape index (κ3) is 4.64. The largest absolute Gasteiger partial charge is 0 e. The first-order valence-electron chi connectivity index (χ1n) is 13.6. The minimum atomic E-state index is -4.37. The Balaban J connectivity index is 0.00000353. The molecule has 42 heavy (non-hydrogen) atoms. The summed E-state index contributed by atoms with van der Waals surface area (Å²) >= 11 is 8.57. The second-order valence-corrected chi connectivity index (χ2v) is 19.6. The Bertz CT molecular complexity index is 1560. The second-order valence-electron chi connectivity index (χ2n) is 9.98. The van der Waals surface area contributed by atoms with E-state index >= 15 is 4.79 Å². The summed E-state index contributed by atoms with van der Waals surface area (Å²) in [5.74, 6) is -4.37. The molecule has 0 N–H and O–H groups in total. The molecule has 0 atom stereocenters. The average molecular weight is 780 g/mol. The molecular formula is C37H30ClIrOP2+. The van der Waals surface area contributed by atoms with Crippen molar-refractivity contribution in [3.05, 3.63) is 182 Å². The smallest absolute Gasteiger partial charge is 0 e. The summed E-state index contributed by atoms with van der Waals surface area (Å²) in [7, 11) is -3.04. The normalized spacial score (nSPS) is 12.4. The molecule has 209 valence electrons. The van der Waals surface area contributed by atoms with Crippen molar-refractivity contribution < 1.29 is 24.9 Å². The Labute approximate surface area is 267 Å². The van der Waals surface area contributed by atoms with Crippen LogP contribution in [0, 0.1) is 0 Å². The van der Waals surface area contributed by atoms with Crippen molar-refractivity contribution in [3.63, 3.8) is 0 Å². The Hall–Kier alpha value is -3.21. The maximum absolute atomic E-state index is 16.6.